The molecule has 4 rings (SSSR count). The van der Waals surface area contributed by atoms with E-state index in [1.807, 2.05) is 17.0 Å². The van der Waals surface area contributed by atoms with E-state index in [4.69, 9.17) is 4.74 Å². The first-order valence-electron chi connectivity index (χ1n) is 10.7. The number of amides is 2. The lowest BCUT2D eigenvalue weighted by molar-refractivity contribution is -0.133. The molecule has 1 heterocycles. The minimum absolute atomic E-state index is 0.0112. The maximum absolute atomic E-state index is 12.4. The SMILES string of the molecule is CC(=O)N1CC[C@](C)(c2ccccc2)C2C=C(NC(=O)OC3CCCC3)C=CC21. The lowest BCUT2D eigenvalue weighted by Gasteiger charge is -2.50. The summed E-state index contributed by atoms with van der Waals surface area (Å²) in [4.78, 5) is 26.5. The van der Waals surface area contributed by atoms with E-state index in [0.29, 0.717) is 0 Å². The van der Waals surface area contributed by atoms with Crippen LogP contribution in [0.25, 0.3) is 0 Å². The lowest BCUT2D eigenvalue weighted by Crippen LogP contribution is -2.56. The largest absolute Gasteiger partial charge is 0.446 e. The molecule has 2 aliphatic carbocycles. The molecular formula is C24H30N2O3. The second-order valence-corrected chi connectivity index (χ2v) is 8.68. The molecule has 29 heavy (non-hydrogen) atoms. The Morgan fingerprint density at radius 3 is 2.59 bits per heavy atom. The Kier molecular flexibility index (Phi) is 5.48. The average Bonchev–Trinajstić information content (AvgIpc) is 3.22. The van der Waals surface area contributed by atoms with Gasteiger partial charge in [-0.15, -0.1) is 0 Å². The first-order chi connectivity index (χ1) is 14.0. The van der Waals surface area contributed by atoms with Gasteiger partial charge in [-0.25, -0.2) is 4.79 Å². The predicted octanol–water partition coefficient (Wildman–Crippen LogP) is 4.30. The first-order valence-corrected chi connectivity index (χ1v) is 10.7. The molecule has 1 aromatic rings. The Morgan fingerprint density at radius 2 is 1.90 bits per heavy atom. The van der Waals surface area contributed by atoms with Gasteiger partial charge >= 0.3 is 6.09 Å². The maximum atomic E-state index is 12.4. The minimum atomic E-state index is -0.383. The van der Waals surface area contributed by atoms with E-state index >= 15 is 0 Å². The summed E-state index contributed by atoms with van der Waals surface area (Å²) in [5.74, 6) is 0.166. The second kappa shape index (κ2) is 8.05. The fourth-order valence-electron chi connectivity index (χ4n) is 5.11. The summed E-state index contributed by atoms with van der Waals surface area (Å²) in [7, 11) is 0. The molecule has 0 aromatic heterocycles. The summed E-state index contributed by atoms with van der Waals surface area (Å²) in [5, 5.41) is 2.92. The van der Waals surface area contributed by atoms with Crippen molar-refractivity contribution in [3.05, 3.63) is 59.8 Å². The number of nitrogens with one attached hydrogen (secondary N) is 1. The van der Waals surface area contributed by atoms with Crippen LogP contribution in [0.3, 0.4) is 0 Å². The number of likely N-dealkylation sites (tertiary alicyclic amines) is 1. The van der Waals surface area contributed by atoms with Gasteiger partial charge in [0.15, 0.2) is 0 Å². The number of hydrogen-bond donors (Lipinski definition) is 1. The molecule has 1 saturated carbocycles. The normalized spacial score (nSPS) is 29.2. The highest BCUT2D eigenvalue weighted by Crippen LogP contribution is 2.45. The van der Waals surface area contributed by atoms with Crippen LogP contribution in [-0.4, -0.2) is 35.6 Å². The molecule has 2 unspecified atom stereocenters. The molecule has 5 nitrogen and oxygen atoms in total. The van der Waals surface area contributed by atoms with Crippen LogP contribution < -0.4 is 5.32 Å². The molecular weight excluding hydrogens is 364 g/mol. The number of carbonyl (C=O) groups excluding carboxylic acids is 2. The Bertz CT molecular complexity index is 826. The van der Waals surface area contributed by atoms with Crippen LogP contribution in [0.4, 0.5) is 4.79 Å². The third-order valence-corrected chi connectivity index (χ3v) is 6.83. The van der Waals surface area contributed by atoms with Crippen molar-refractivity contribution in [3.8, 4) is 0 Å². The van der Waals surface area contributed by atoms with Crippen LogP contribution in [0.15, 0.2) is 54.3 Å². The van der Waals surface area contributed by atoms with Crippen molar-refractivity contribution in [3.63, 3.8) is 0 Å². The van der Waals surface area contributed by atoms with Crippen molar-refractivity contribution in [2.75, 3.05) is 6.54 Å². The quantitative estimate of drug-likeness (QED) is 0.831. The van der Waals surface area contributed by atoms with Gasteiger partial charge in [-0.05, 0) is 43.7 Å². The van der Waals surface area contributed by atoms with Gasteiger partial charge in [-0.2, -0.15) is 0 Å². The first kappa shape index (κ1) is 19.7. The number of benzene rings is 1. The molecule has 1 N–H and O–H groups in total. The van der Waals surface area contributed by atoms with E-state index in [0.717, 1.165) is 44.3 Å². The monoisotopic (exact) mass is 394 g/mol. The molecule has 0 spiro atoms. The van der Waals surface area contributed by atoms with Crippen molar-refractivity contribution in [2.24, 2.45) is 5.92 Å². The molecule has 3 aliphatic rings. The number of ether oxygens (including phenoxy) is 1. The highest BCUT2D eigenvalue weighted by molar-refractivity contribution is 5.75. The number of alkyl carbamates (subject to hydrolysis) is 1. The third-order valence-electron chi connectivity index (χ3n) is 6.83. The van der Waals surface area contributed by atoms with E-state index in [1.165, 1.54) is 5.56 Å². The van der Waals surface area contributed by atoms with E-state index in [1.54, 1.807) is 6.92 Å². The van der Waals surface area contributed by atoms with Gasteiger partial charge in [-0.1, -0.05) is 49.4 Å². The molecule has 0 radical (unpaired) electrons. The van der Waals surface area contributed by atoms with E-state index < -0.39 is 0 Å². The lowest BCUT2D eigenvalue weighted by atomic mass is 9.63. The highest BCUT2D eigenvalue weighted by atomic mass is 16.6. The zero-order valence-corrected chi connectivity index (χ0v) is 17.3. The smallest absolute Gasteiger partial charge is 0.411 e. The van der Waals surface area contributed by atoms with E-state index in [9.17, 15) is 9.59 Å². The van der Waals surface area contributed by atoms with Gasteiger partial charge in [0.1, 0.15) is 6.10 Å². The molecule has 0 bridgehead atoms. The number of rotatable bonds is 3. The molecule has 3 atom stereocenters. The molecule has 154 valence electrons. The van der Waals surface area contributed by atoms with Crippen molar-refractivity contribution < 1.29 is 14.3 Å². The number of piperidine rings is 1. The summed E-state index contributed by atoms with van der Waals surface area (Å²) in [6.45, 7) is 4.63. The number of allylic oxidation sites excluding steroid dienone is 1. The Labute approximate surface area is 172 Å². The zero-order valence-electron chi connectivity index (χ0n) is 17.3. The fourth-order valence-corrected chi connectivity index (χ4v) is 5.11. The summed E-state index contributed by atoms with van der Waals surface area (Å²) in [6.07, 6.45) is 10.8. The molecule has 1 saturated heterocycles. The predicted molar refractivity (Wildman–Crippen MR) is 112 cm³/mol. The van der Waals surface area contributed by atoms with Gasteiger partial charge in [0.05, 0.1) is 6.04 Å². The molecule has 2 fully saturated rings. The zero-order chi connectivity index (χ0) is 20.4. The van der Waals surface area contributed by atoms with Gasteiger partial charge in [-0.3, -0.25) is 10.1 Å². The van der Waals surface area contributed by atoms with Crippen LogP contribution in [0.1, 0.15) is 51.5 Å². The molecule has 2 amide bonds. The molecule has 1 aromatic carbocycles. The van der Waals surface area contributed by atoms with Crippen molar-refractivity contribution in [2.45, 2.75) is 63.5 Å². The van der Waals surface area contributed by atoms with Crippen LogP contribution in [0.2, 0.25) is 0 Å². The fraction of sp³-hybridized carbons (Fsp3) is 0.500. The summed E-state index contributed by atoms with van der Waals surface area (Å²) in [5.41, 5.74) is 1.89. The topological polar surface area (TPSA) is 58.6 Å². The average molecular weight is 395 g/mol. The van der Waals surface area contributed by atoms with Crippen LogP contribution in [0.5, 0.6) is 0 Å². The number of nitrogens with zero attached hydrogens (tertiary/aromatic N) is 1. The number of hydrogen-bond acceptors (Lipinski definition) is 3. The van der Waals surface area contributed by atoms with E-state index in [2.05, 4.69) is 48.7 Å². The molecule has 1 aliphatic heterocycles. The van der Waals surface area contributed by atoms with Crippen LogP contribution in [-0.2, 0) is 14.9 Å². The number of fused-ring (bicyclic) bond motifs is 1. The Morgan fingerprint density at radius 1 is 1.17 bits per heavy atom. The van der Waals surface area contributed by atoms with Gasteiger partial charge in [0.25, 0.3) is 0 Å². The standard InChI is InChI=1S/C24H30N2O3/c1-17(27)26-15-14-24(2,18-8-4-3-5-9-18)21-16-19(12-13-22(21)26)25-23(28)29-20-10-6-7-11-20/h3-5,8-9,12-13,16,20-22H,6-7,10-11,14-15H2,1-2H3,(H,25,28)/t21?,22?,24-/m1/s1. The highest BCUT2D eigenvalue weighted by Gasteiger charge is 2.46. The van der Waals surface area contributed by atoms with E-state index in [-0.39, 0.29) is 35.5 Å². The Balaban J connectivity index is 1.58. The van der Waals surface area contributed by atoms with Crippen molar-refractivity contribution >= 4 is 12.0 Å². The summed E-state index contributed by atoms with van der Waals surface area (Å²) in [6, 6.07) is 10.5. The maximum Gasteiger partial charge on any atom is 0.411 e. The van der Waals surface area contributed by atoms with Crippen molar-refractivity contribution in [1.82, 2.24) is 10.2 Å². The van der Waals surface area contributed by atoms with Gasteiger partial charge < -0.3 is 9.64 Å². The second-order valence-electron chi connectivity index (χ2n) is 8.68. The van der Waals surface area contributed by atoms with Crippen LogP contribution in [0, 0.1) is 5.92 Å². The summed E-state index contributed by atoms with van der Waals surface area (Å²) < 4.78 is 5.56. The van der Waals surface area contributed by atoms with Gasteiger partial charge in [0, 0.05) is 30.5 Å². The van der Waals surface area contributed by atoms with Gasteiger partial charge in [0.2, 0.25) is 5.91 Å². The number of carbonyl (C=O) groups is 2. The minimum Gasteiger partial charge on any atom is -0.446 e. The molecule has 5 heteroatoms. The third kappa shape index (κ3) is 3.96. The van der Waals surface area contributed by atoms with Crippen LogP contribution >= 0.6 is 0 Å². The Hall–Kier alpha value is -2.56. The van der Waals surface area contributed by atoms with Crippen molar-refractivity contribution in [1.29, 1.82) is 0 Å². The summed E-state index contributed by atoms with van der Waals surface area (Å²) >= 11 is 0.